The minimum absolute atomic E-state index is 0.0996. The van der Waals surface area contributed by atoms with E-state index in [1.165, 1.54) is 25.3 Å². The molecule has 0 radical (unpaired) electrons. The van der Waals surface area contributed by atoms with E-state index in [1.807, 2.05) is 0 Å². The first-order chi connectivity index (χ1) is 11.2. The van der Waals surface area contributed by atoms with Gasteiger partial charge in [-0.05, 0) is 37.0 Å². The molecule has 1 fully saturated rings. The van der Waals surface area contributed by atoms with Crippen LogP contribution >= 0.6 is 0 Å². The molecule has 2 aromatic heterocycles. The Kier molecular flexibility index (Phi) is 4.80. The van der Waals surface area contributed by atoms with Crippen molar-refractivity contribution in [2.24, 2.45) is 5.92 Å². The van der Waals surface area contributed by atoms with Crippen molar-refractivity contribution in [3.05, 3.63) is 46.5 Å². The van der Waals surface area contributed by atoms with Crippen LogP contribution in [0.15, 0.2) is 35.4 Å². The number of aromatic nitrogens is 3. The van der Waals surface area contributed by atoms with E-state index in [2.05, 4.69) is 20.5 Å². The van der Waals surface area contributed by atoms with E-state index in [4.69, 9.17) is 0 Å². The molecule has 0 aromatic carbocycles. The molecule has 6 nitrogen and oxygen atoms in total. The van der Waals surface area contributed by atoms with Crippen LogP contribution in [0.2, 0.25) is 0 Å². The summed E-state index contributed by atoms with van der Waals surface area (Å²) < 4.78 is 0. The zero-order valence-electron chi connectivity index (χ0n) is 12.9. The Bertz CT molecular complexity index is 721. The van der Waals surface area contributed by atoms with Crippen LogP contribution in [0.3, 0.4) is 0 Å². The lowest BCUT2D eigenvalue weighted by Crippen LogP contribution is -2.34. The van der Waals surface area contributed by atoms with Crippen molar-refractivity contribution in [2.45, 2.75) is 32.1 Å². The fourth-order valence-electron chi connectivity index (χ4n) is 2.97. The van der Waals surface area contributed by atoms with E-state index in [0.717, 1.165) is 18.4 Å². The van der Waals surface area contributed by atoms with Crippen molar-refractivity contribution in [1.29, 1.82) is 0 Å². The molecule has 2 aromatic rings. The number of nitrogens with one attached hydrogen (secondary N) is 2. The van der Waals surface area contributed by atoms with Crippen molar-refractivity contribution in [2.75, 3.05) is 6.54 Å². The summed E-state index contributed by atoms with van der Waals surface area (Å²) in [5.41, 5.74) is 0.985. The number of H-pyrrole nitrogens is 1. The molecule has 0 unspecified atom stereocenters. The highest BCUT2D eigenvalue weighted by Crippen LogP contribution is 2.22. The van der Waals surface area contributed by atoms with Crippen LogP contribution in [-0.2, 0) is 0 Å². The SMILES string of the molecule is O=C(NCC1CCCCC1)c1cc(-c2ccncc2)n[nH]c1=O. The summed E-state index contributed by atoms with van der Waals surface area (Å²) in [4.78, 5) is 28.2. The maximum absolute atomic E-state index is 12.3. The summed E-state index contributed by atoms with van der Waals surface area (Å²) in [6.45, 7) is 0.630. The molecule has 0 atom stereocenters. The standard InChI is InChI=1S/C17H20N4O2/c22-16(19-11-12-4-2-1-3-5-12)14-10-15(20-21-17(14)23)13-6-8-18-9-7-13/h6-10,12H,1-5,11H2,(H,19,22)(H,21,23). The van der Waals surface area contributed by atoms with E-state index in [0.29, 0.717) is 18.2 Å². The number of pyridine rings is 1. The van der Waals surface area contributed by atoms with Gasteiger partial charge in [0.15, 0.2) is 0 Å². The smallest absolute Gasteiger partial charge is 0.277 e. The molecule has 1 amide bonds. The first-order valence-corrected chi connectivity index (χ1v) is 8.02. The van der Waals surface area contributed by atoms with E-state index in [1.54, 1.807) is 24.5 Å². The molecule has 0 bridgehead atoms. The molecule has 6 heteroatoms. The Morgan fingerprint density at radius 2 is 1.96 bits per heavy atom. The summed E-state index contributed by atoms with van der Waals surface area (Å²) in [6.07, 6.45) is 9.31. The van der Waals surface area contributed by atoms with Gasteiger partial charge >= 0.3 is 0 Å². The van der Waals surface area contributed by atoms with Crippen LogP contribution in [0.4, 0.5) is 0 Å². The molecule has 1 saturated carbocycles. The number of amides is 1. The monoisotopic (exact) mass is 312 g/mol. The van der Waals surface area contributed by atoms with Gasteiger partial charge in [0.1, 0.15) is 5.56 Å². The third-order valence-electron chi connectivity index (χ3n) is 4.30. The average Bonchev–Trinajstić information content (AvgIpc) is 2.62. The van der Waals surface area contributed by atoms with Crippen LogP contribution in [-0.4, -0.2) is 27.6 Å². The van der Waals surface area contributed by atoms with Gasteiger partial charge in [-0.25, -0.2) is 5.10 Å². The van der Waals surface area contributed by atoms with Crippen LogP contribution in [0.1, 0.15) is 42.5 Å². The van der Waals surface area contributed by atoms with E-state index < -0.39 is 5.56 Å². The number of rotatable bonds is 4. The molecule has 120 valence electrons. The number of nitrogens with zero attached hydrogens (tertiary/aromatic N) is 2. The van der Waals surface area contributed by atoms with Crippen molar-refractivity contribution in [3.8, 4) is 11.3 Å². The van der Waals surface area contributed by atoms with Gasteiger partial charge in [0.25, 0.3) is 11.5 Å². The predicted molar refractivity (Wildman–Crippen MR) is 87.0 cm³/mol. The number of aromatic amines is 1. The van der Waals surface area contributed by atoms with Crippen molar-refractivity contribution in [3.63, 3.8) is 0 Å². The van der Waals surface area contributed by atoms with Crippen LogP contribution in [0.25, 0.3) is 11.3 Å². The third-order valence-corrected chi connectivity index (χ3v) is 4.30. The highest BCUT2D eigenvalue weighted by atomic mass is 16.2. The summed E-state index contributed by atoms with van der Waals surface area (Å²) in [6, 6.07) is 5.10. The topological polar surface area (TPSA) is 87.7 Å². The Balaban J connectivity index is 1.73. The second-order valence-corrected chi connectivity index (χ2v) is 5.95. The molecule has 2 N–H and O–H groups in total. The summed E-state index contributed by atoms with van der Waals surface area (Å²) in [5, 5.41) is 9.28. The largest absolute Gasteiger partial charge is 0.352 e. The van der Waals surface area contributed by atoms with Gasteiger partial charge in [0, 0.05) is 24.5 Å². The number of hydrogen-bond acceptors (Lipinski definition) is 4. The molecule has 0 saturated heterocycles. The quantitative estimate of drug-likeness (QED) is 0.905. The molecule has 0 aliphatic heterocycles. The zero-order valence-corrected chi connectivity index (χ0v) is 12.9. The number of hydrogen-bond donors (Lipinski definition) is 2. The lowest BCUT2D eigenvalue weighted by molar-refractivity contribution is 0.0942. The van der Waals surface area contributed by atoms with E-state index >= 15 is 0 Å². The van der Waals surface area contributed by atoms with Crippen LogP contribution < -0.4 is 10.9 Å². The van der Waals surface area contributed by atoms with Crippen LogP contribution in [0, 0.1) is 5.92 Å². The molecular formula is C17H20N4O2. The number of carbonyl (C=O) groups is 1. The molecule has 1 aliphatic rings. The van der Waals surface area contributed by atoms with Crippen molar-refractivity contribution >= 4 is 5.91 Å². The predicted octanol–water partition coefficient (Wildman–Crippen LogP) is 2.14. The molecule has 0 spiro atoms. The first-order valence-electron chi connectivity index (χ1n) is 8.02. The Morgan fingerprint density at radius 3 is 2.70 bits per heavy atom. The fourth-order valence-corrected chi connectivity index (χ4v) is 2.97. The van der Waals surface area contributed by atoms with Gasteiger partial charge in [0.2, 0.25) is 0 Å². The van der Waals surface area contributed by atoms with E-state index in [9.17, 15) is 9.59 Å². The lowest BCUT2D eigenvalue weighted by atomic mass is 9.89. The van der Waals surface area contributed by atoms with E-state index in [-0.39, 0.29) is 11.5 Å². The highest BCUT2D eigenvalue weighted by molar-refractivity contribution is 5.94. The Morgan fingerprint density at radius 1 is 1.22 bits per heavy atom. The van der Waals surface area contributed by atoms with Crippen LogP contribution in [0.5, 0.6) is 0 Å². The third kappa shape index (κ3) is 3.83. The zero-order chi connectivity index (χ0) is 16.1. The van der Waals surface area contributed by atoms with Gasteiger partial charge in [-0.3, -0.25) is 14.6 Å². The average molecular weight is 312 g/mol. The molecule has 1 aliphatic carbocycles. The number of carbonyl (C=O) groups excluding carboxylic acids is 1. The summed E-state index contributed by atoms with van der Waals surface area (Å²) in [5.74, 6) is 0.183. The fraction of sp³-hybridized carbons (Fsp3) is 0.412. The molecular weight excluding hydrogens is 292 g/mol. The maximum atomic E-state index is 12.3. The van der Waals surface area contributed by atoms with Gasteiger partial charge in [0.05, 0.1) is 5.69 Å². The Hall–Kier alpha value is -2.50. The summed E-state index contributed by atoms with van der Waals surface area (Å²) >= 11 is 0. The highest BCUT2D eigenvalue weighted by Gasteiger charge is 2.17. The van der Waals surface area contributed by atoms with Crippen molar-refractivity contribution in [1.82, 2.24) is 20.5 Å². The first kappa shape index (κ1) is 15.4. The van der Waals surface area contributed by atoms with Gasteiger partial charge in [-0.1, -0.05) is 19.3 Å². The molecule has 3 rings (SSSR count). The van der Waals surface area contributed by atoms with Crippen molar-refractivity contribution < 1.29 is 4.79 Å². The van der Waals surface area contributed by atoms with Gasteiger partial charge in [-0.15, -0.1) is 0 Å². The second kappa shape index (κ2) is 7.17. The lowest BCUT2D eigenvalue weighted by Gasteiger charge is -2.21. The molecule has 2 heterocycles. The van der Waals surface area contributed by atoms with Gasteiger partial charge < -0.3 is 5.32 Å². The summed E-state index contributed by atoms with van der Waals surface area (Å²) in [7, 11) is 0. The normalized spacial score (nSPS) is 15.3. The Labute approximate surface area is 134 Å². The minimum Gasteiger partial charge on any atom is -0.352 e. The maximum Gasteiger partial charge on any atom is 0.277 e. The minimum atomic E-state index is -0.469. The molecule has 23 heavy (non-hydrogen) atoms. The second-order valence-electron chi connectivity index (χ2n) is 5.95. The van der Waals surface area contributed by atoms with Gasteiger partial charge in [-0.2, -0.15) is 5.10 Å².